The highest BCUT2D eigenvalue weighted by molar-refractivity contribution is 5.30. The summed E-state index contributed by atoms with van der Waals surface area (Å²) in [5, 5.41) is 0. The summed E-state index contributed by atoms with van der Waals surface area (Å²) in [6, 6.07) is 0.613. The fraction of sp³-hybridized carbons (Fsp3) is 0.700. The van der Waals surface area contributed by atoms with Gasteiger partial charge in [-0.3, -0.25) is 0 Å². The van der Waals surface area contributed by atoms with Gasteiger partial charge in [0.25, 0.3) is 0 Å². The van der Waals surface area contributed by atoms with Crippen molar-refractivity contribution in [1.29, 1.82) is 0 Å². The van der Waals surface area contributed by atoms with Gasteiger partial charge < -0.3 is 20.1 Å². The molecule has 0 aliphatic rings. The minimum atomic E-state index is 0.142. The molecule has 96 valence electrons. The van der Waals surface area contributed by atoms with Crippen LogP contribution in [0, 0.1) is 0 Å². The zero-order chi connectivity index (χ0) is 12.8. The van der Waals surface area contributed by atoms with Crippen molar-refractivity contribution in [3.8, 4) is 12.0 Å². The van der Waals surface area contributed by atoms with Crippen molar-refractivity contribution in [1.82, 2.24) is 15.0 Å². The SMILES string of the molecule is COc1nc(OC)nc(N(C)CCC(C)N)n1. The third-order valence-electron chi connectivity index (χ3n) is 2.21. The Kier molecular flexibility index (Phi) is 4.89. The van der Waals surface area contributed by atoms with Crippen LogP contribution in [0.15, 0.2) is 0 Å². The van der Waals surface area contributed by atoms with E-state index < -0.39 is 0 Å². The second-order valence-electron chi connectivity index (χ2n) is 3.80. The molecule has 1 unspecified atom stereocenters. The van der Waals surface area contributed by atoms with E-state index in [1.54, 1.807) is 0 Å². The number of nitrogens with two attached hydrogens (primary N) is 1. The van der Waals surface area contributed by atoms with Gasteiger partial charge >= 0.3 is 12.0 Å². The van der Waals surface area contributed by atoms with E-state index in [1.165, 1.54) is 14.2 Å². The molecule has 0 amide bonds. The lowest BCUT2D eigenvalue weighted by atomic mass is 10.2. The quantitative estimate of drug-likeness (QED) is 0.753. The Morgan fingerprint density at radius 1 is 1.18 bits per heavy atom. The van der Waals surface area contributed by atoms with Gasteiger partial charge in [-0.15, -0.1) is 4.98 Å². The average molecular weight is 241 g/mol. The predicted molar refractivity (Wildman–Crippen MR) is 64.5 cm³/mol. The first kappa shape index (κ1) is 13.4. The Hall–Kier alpha value is -1.63. The standard InChI is InChI=1S/C10H19N5O2/c1-7(11)5-6-15(2)8-12-9(16-3)14-10(13-8)17-4/h7H,5-6,11H2,1-4H3. The minimum absolute atomic E-state index is 0.142. The third kappa shape index (κ3) is 4.03. The molecule has 0 fully saturated rings. The van der Waals surface area contributed by atoms with Crippen LogP contribution >= 0.6 is 0 Å². The Bertz CT molecular complexity index is 336. The van der Waals surface area contributed by atoms with Crippen molar-refractivity contribution >= 4 is 5.95 Å². The summed E-state index contributed by atoms with van der Waals surface area (Å²) in [7, 11) is 4.89. The first-order valence-electron chi connectivity index (χ1n) is 5.37. The van der Waals surface area contributed by atoms with Gasteiger partial charge in [0.05, 0.1) is 14.2 Å². The smallest absolute Gasteiger partial charge is 0.324 e. The summed E-state index contributed by atoms with van der Waals surface area (Å²) in [4.78, 5) is 14.1. The molecule has 7 heteroatoms. The lowest BCUT2D eigenvalue weighted by Gasteiger charge is -2.18. The van der Waals surface area contributed by atoms with Gasteiger partial charge in [0.1, 0.15) is 0 Å². The van der Waals surface area contributed by atoms with Gasteiger partial charge in [0, 0.05) is 19.6 Å². The van der Waals surface area contributed by atoms with Crippen LogP contribution in [0.1, 0.15) is 13.3 Å². The van der Waals surface area contributed by atoms with E-state index in [0.29, 0.717) is 5.95 Å². The van der Waals surface area contributed by atoms with Crippen LogP contribution in [0.2, 0.25) is 0 Å². The van der Waals surface area contributed by atoms with E-state index in [1.807, 2.05) is 18.9 Å². The van der Waals surface area contributed by atoms with E-state index in [9.17, 15) is 0 Å². The number of anilines is 1. The van der Waals surface area contributed by atoms with Crippen molar-refractivity contribution < 1.29 is 9.47 Å². The molecule has 0 aromatic carbocycles. The summed E-state index contributed by atoms with van der Waals surface area (Å²) >= 11 is 0. The largest absolute Gasteiger partial charge is 0.467 e. The molecule has 1 aromatic heterocycles. The molecule has 1 atom stereocenters. The summed E-state index contributed by atoms with van der Waals surface area (Å²) in [5.41, 5.74) is 5.70. The number of methoxy groups -OCH3 is 2. The Labute approximate surface area is 101 Å². The van der Waals surface area contributed by atoms with Gasteiger partial charge in [-0.1, -0.05) is 0 Å². The van der Waals surface area contributed by atoms with Gasteiger partial charge in [0.2, 0.25) is 5.95 Å². The molecule has 0 saturated heterocycles. The summed E-state index contributed by atoms with van der Waals surface area (Å²) < 4.78 is 9.96. The van der Waals surface area contributed by atoms with Crippen molar-refractivity contribution in [2.75, 3.05) is 32.7 Å². The molecule has 0 radical (unpaired) electrons. The highest BCUT2D eigenvalue weighted by atomic mass is 16.5. The number of ether oxygens (including phenoxy) is 2. The highest BCUT2D eigenvalue weighted by Crippen LogP contribution is 2.14. The fourth-order valence-corrected chi connectivity index (χ4v) is 1.18. The Morgan fingerprint density at radius 2 is 1.71 bits per heavy atom. The molecule has 17 heavy (non-hydrogen) atoms. The molecule has 1 heterocycles. The van der Waals surface area contributed by atoms with Crippen LogP contribution in [0.25, 0.3) is 0 Å². The van der Waals surface area contributed by atoms with Crippen LogP contribution in [-0.4, -0.2) is 48.8 Å². The highest BCUT2D eigenvalue weighted by Gasteiger charge is 2.11. The zero-order valence-corrected chi connectivity index (χ0v) is 10.7. The van der Waals surface area contributed by atoms with E-state index in [2.05, 4.69) is 15.0 Å². The lowest BCUT2D eigenvalue weighted by Crippen LogP contribution is -2.27. The van der Waals surface area contributed by atoms with E-state index in [0.717, 1.165) is 13.0 Å². The van der Waals surface area contributed by atoms with Crippen LogP contribution < -0.4 is 20.1 Å². The molecule has 0 spiro atoms. The van der Waals surface area contributed by atoms with Crippen molar-refractivity contribution in [2.24, 2.45) is 5.73 Å². The summed E-state index contributed by atoms with van der Waals surface area (Å²) in [6.07, 6.45) is 0.854. The van der Waals surface area contributed by atoms with Crippen LogP contribution in [0.5, 0.6) is 12.0 Å². The number of hydrogen-bond donors (Lipinski definition) is 1. The fourth-order valence-electron chi connectivity index (χ4n) is 1.18. The van der Waals surface area contributed by atoms with Crippen molar-refractivity contribution in [2.45, 2.75) is 19.4 Å². The number of hydrogen-bond acceptors (Lipinski definition) is 7. The molecule has 0 aliphatic carbocycles. The number of aromatic nitrogens is 3. The predicted octanol–water partition coefficient (Wildman–Crippen LogP) is 0.0623. The average Bonchev–Trinajstić information content (AvgIpc) is 2.34. The number of nitrogens with zero attached hydrogens (tertiary/aromatic N) is 4. The van der Waals surface area contributed by atoms with Gasteiger partial charge in [0.15, 0.2) is 0 Å². The van der Waals surface area contributed by atoms with Crippen LogP contribution in [0.3, 0.4) is 0 Å². The zero-order valence-electron chi connectivity index (χ0n) is 10.7. The first-order chi connectivity index (χ1) is 8.06. The lowest BCUT2D eigenvalue weighted by molar-refractivity contribution is 0.340. The molecule has 1 rings (SSSR count). The third-order valence-corrected chi connectivity index (χ3v) is 2.21. The molecule has 0 bridgehead atoms. The second-order valence-corrected chi connectivity index (χ2v) is 3.80. The van der Waals surface area contributed by atoms with Gasteiger partial charge in [-0.25, -0.2) is 0 Å². The normalized spacial score (nSPS) is 12.1. The minimum Gasteiger partial charge on any atom is -0.467 e. The molecule has 1 aromatic rings. The maximum atomic E-state index is 5.70. The van der Waals surface area contributed by atoms with Crippen LogP contribution in [0.4, 0.5) is 5.95 Å². The molecule has 0 aliphatic heterocycles. The van der Waals surface area contributed by atoms with E-state index in [4.69, 9.17) is 15.2 Å². The molecule has 2 N–H and O–H groups in total. The van der Waals surface area contributed by atoms with Crippen LogP contribution in [-0.2, 0) is 0 Å². The van der Waals surface area contributed by atoms with E-state index in [-0.39, 0.29) is 18.1 Å². The van der Waals surface area contributed by atoms with Gasteiger partial charge in [-0.05, 0) is 13.3 Å². The Morgan fingerprint density at radius 3 is 2.12 bits per heavy atom. The summed E-state index contributed by atoms with van der Waals surface area (Å²) in [5.74, 6) is 0.509. The van der Waals surface area contributed by atoms with Crippen molar-refractivity contribution in [3.05, 3.63) is 0 Å². The molecular formula is C10H19N5O2. The first-order valence-corrected chi connectivity index (χ1v) is 5.37. The summed E-state index contributed by atoms with van der Waals surface area (Å²) in [6.45, 7) is 2.72. The maximum Gasteiger partial charge on any atom is 0.324 e. The van der Waals surface area contributed by atoms with E-state index >= 15 is 0 Å². The van der Waals surface area contributed by atoms with Crippen molar-refractivity contribution in [3.63, 3.8) is 0 Å². The second kappa shape index (κ2) is 6.19. The molecule has 7 nitrogen and oxygen atoms in total. The Balaban J connectivity index is 2.80. The topological polar surface area (TPSA) is 86.4 Å². The molecular weight excluding hydrogens is 222 g/mol. The molecule has 0 saturated carbocycles. The monoisotopic (exact) mass is 241 g/mol. The maximum absolute atomic E-state index is 5.70. The van der Waals surface area contributed by atoms with Gasteiger partial charge in [-0.2, -0.15) is 9.97 Å². The number of rotatable bonds is 6.